The van der Waals surface area contributed by atoms with E-state index in [-0.39, 0.29) is 5.78 Å². The van der Waals surface area contributed by atoms with Gasteiger partial charge in [-0.1, -0.05) is 19.8 Å². The zero-order chi connectivity index (χ0) is 16.4. The molecule has 1 fully saturated rings. The Balaban J connectivity index is 2.55. The lowest BCUT2D eigenvalue weighted by Gasteiger charge is -2.35. The van der Waals surface area contributed by atoms with Crippen molar-refractivity contribution in [2.75, 3.05) is 32.8 Å². The quantitative estimate of drug-likeness (QED) is 0.525. The number of rotatable bonds is 9. The molecule has 0 aromatic carbocycles. The number of unbranched alkanes of at least 4 members (excludes halogenated alkanes) is 2. The summed E-state index contributed by atoms with van der Waals surface area (Å²) in [7, 11) is 0. The van der Waals surface area contributed by atoms with Crippen molar-refractivity contribution in [1.82, 2.24) is 10.2 Å². The molecule has 1 heterocycles. The van der Waals surface area contributed by atoms with Crippen molar-refractivity contribution in [3.63, 3.8) is 0 Å². The van der Waals surface area contributed by atoms with E-state index in [1.54, 1.807) is 0 Å². The molecule has 0 spiro atoms. The number of Topliss-reactive ketones (excluding diaryl/α,β-unsaturated/α-hetero) is 1. The van der Waals surface area contributed by atoms with Crippen molar-refractivity contribution < 1.29 is 14.3 Å². The lowest BCUT2D eigenvalue weighted by atomic mass is 9.98. The van der Waals surface area contributed by atoms with Crippen molar-refractivity contribution in [1.29, 1.82) is 0 Å². The minimum atomic E-state index is -0.553. The van der Waals surface area contributed by atoms with Crippen LogP contribution in [0, 0.1) is 0 Å². The molecule has 1 saturated heterocycles. The maximum Gasteiger partial charge on any atom is 0.410 e. The van der Waals surface area contributed by atoms with E-state index in [2.05, 4.69) is 5.32 Å². The average molecular weight is 314 g/mol. The highest BCUT2D eigenvalue weighted by atomic mass is 16.6. The maximum absolute atomic E-state index is 12.5. The first-order chi connectivity index (χ1) is 10.6. The largest absolute Gasteiger partial charge is 0.449 e. The first-order valence-electron chi connectivity index (χ1n) is 8.25. The van der Waals surface area contributed by atoms with E-state index < -0.39 is 18.2 Å². The summed E-state index contributed by atoms with van der Waals surface area (Å²) in [6, 6.07) is -1.09. The zero-order valence-corrected chi connectivity index (χ0v) is 13.6. The molecule has 1 aliphatic rings. The summed E-state index contributed by atoms with van der Waals surface area (Å²) in [6.45, 7) is 4.59. The second-order valence-electron chi connectivity index (χ2n) is 5.67. The standard InChI is InChI=1S/C15H30N4O3/c1-2-3-10-22-15(21)19-9-8-18-11-13(19)14(20)12(17)6-4-5-7-16/h12-13,18H,2-11,16-17H2,1H3/t12-,13?/m0/s1. The number of piperazine rings is 1. The molecule has 0 bridgehead atoms. The monoisotopic (exact) mass is 314 g/mol. The van der Waals surface area contributed by atoms with Gasteiger partial charge in [0.15, 0.2) is 5.78 Å². The van der Waals surface area contributed by atoms with Crippen LogP contribution in [0.5, 0.6) is 0 Å². The second-order valence-corrected chi connectivity index (χ2v) is 5.67. The smallest absolute Gasteiger partial charge is 0.410 e. The van der Waals surface area contributed by atoms with Crippen LogP contribution in [0.1, 0.15) is 39.0 Å². The first-order valence-corrected chi connectivity index (χ1v) is 8.25. The molecule has 0 aliphatic carbocycles. The Labute approximate surface area is 132 Å². The Hall–Kier alpha value is -1.18. The number of nitrogens with one attached hydrogen (secondary N) is 1. The van der Waals surface area contributed by atoms with Crippen LogP contribution in [0.25, 0.3) is 0 Å². The van der Waals surface area contributed by atoms with Gasteiger partial charge in [0.2, 0.25) is 0 Å². The molecule has 2 atom stereocenters. The summed E-state index contributed by atoms with van der Waals surface area (Å²) in [4.78, 5) is 26.1. The third kappa shape index (κ3) is 5.90. The predicted molar refractivity (Wildman–Crippen MR) is 85.5 cm³/mol. The molecule has 0 aromatic heterocycles. The van der Waals surface area contributed by atoms with Crippen LogP contribution in [0.2, 0.25) is 0 Å². The van der Waals surface area contributed by atoms with Gasteiger partial charge in [-0.2, -0.15) is 0 Å². The van der Waals surface area contributed by atoms with Gasteiger partial charge in [-0.25, -0.2) is 4.79 Å². The maximum atomic E-state index is 12.5. The molecule has 0 aromatic rings. The number of carbonyl (C=O) groups excluding carboxylic acids is 2. The molecule has 1 aliphatic heterocycles. The van der Waals surface area contributed by atoms with Gasteiger partial charge < -0.3 is 21.5 Å². The molecule has 5 N–H and O–H groups in total. The van der Waals surface area contributed by atoms with Crippen LogP contribution in [-0.4, -0.2) is 61.6 Å². The van der Waals surface area contributed by atoms with E-state index in [1.807, 2.05) is 6.92 Å². The van der Waals surface area contributed by atoms with Gasteiger partial charge in [-0.05, 0) is 25.8 Å². The van der Waals surface area contributed by atoms with Crippen LogP contribution in [-0.2, 0) is 9.53 Å². The summed E-state index contributed by atoms with van der Waals surface area (Å²) < 4.78 is 5.23. The molecule has 0 radical (unpaired) electrons. The summed E-state index contributed by atoms with van der Waals surface area (Å²) in [6.07, 6.45) is 3.66. The van der Waals surface area contributed by atoms with E-state index in [0.717, 1.165) is 25.7 Å². The lowest BCUT2D eigenvalue weighted by molar-refractivity contribution is -0.125. The van der Waals surface area contributed by atoms with Crippen LogP contribution in [0.3, 0.4) is 0 Å². The highest BCUT2D eigenvalue weighted by Crippen LogP contribution is 2.11. The average Bonchev–Trinajstić information content (AvgIpc) is 2.54. The van der Waals surface area contributed by atoms with Crippen LogP contribution in [0.4, 0.5) is 4.79 Å². The van der Waals surface area contributed by atoms with Crippen molar-refractivity contribution >= 4 is 11.9 Å². The number of nitrogens with two attached hydrogens (primary N) is 2. The third-order valence-electron chi connectivity index (χ3n) is 3.86. The van der Waals surface area contributed by atoms with Gasteiger partial charge in [0.1, 0.15) is 6.04 Å². The fraction of sp³-hybridized carbons (Fsp3) is 0.867. The van der Waals surface area contributed by atoms with Gasteiger partial charge in [0, 0.05) is 19.6 Å². The summed E-state index contributed by atoms with van der Waals surface area (Å²) in [5.41, 5.74) is 11.4. The van der Waals surface area contributed by atoms with Gasteiger partial charge in [-0.15, -0.1) is 0 Å². The summed E-state index contributed by atoms with van der Waals surface area (Å²) in [5.74, 6) is -0.100. The number of hydrogen-bond acceptors (Lipinski definition) is 6. The fourth-order valence-electron chi connectivity index (χ4n) is 2.46. The van der Waals surface area contributed by atoms with E-state index >= 15 is 0 Å². The molecule has 0 saturated carbocycles. The van der Waals surface area contributed by atoms with Gasteiger partial charge in [-0.3, -0.25) is 9.69 Å². The number of ether oxygens (including phenoxy) is 1. The molecule has 1 rings (SSSR count). The Morgan fingerprint density at radius 2 is 2.14 bits per heavy atom. The van der Waals surface area contributed by atoms with Gasteiger partial charge in [0.25, 0.3) is 0 Å². The van der Waals surface area contributed by atoms with E-state index in [1.165, 1.54) is 4.90 Å². The minimum absolute atomic E-state index is 0.100. The van der Waals surface area contributed by atoms with Crippen LogP contribution in [0.15, 0.2) is 0 Å². The number of amides is 1. The van der Waals surface area contributed by atoms with Gasteiger partial charge >= 0.3 is 6.09 Å². The Morgan fingerprint density at radius 1 is 1.36 bits per heavy atom. The van der Waals surface area contributed by atoms with Crippen molar-refractivity contribution in [2.45, 2.75) is 51.1 Å². The summed E-state index contributed by atoms with van der Waals surface area (Å²) in [5, 5.41) is 3.14. The minimum Gasteiger partial charge on any atom is -0.449 e. The van der Waals surface area contributed by atoms with Crippen molar-refractivity contribution in [2.24, 2.45) is 11.5 Å². The molecule has 128 valence electrons. The number of nitrogens with zero attached hydrogens (tertiary/aromatic N) is 1. The van der Waals surface area contributed by atoms with E-state index in [9.17, 15) is 9.59 Å². The molecule has 22 heavy (non-hydrogen) atoms. The number of carbonyl (C=O) groups is 2. The topological polar surface area (TPSA) is 111 Å². The van der Waals surface area contributed by atoms with Crippen molar-refractivity contribution in [3.05, 3.63) is 0 Å². The van der Waals surface area contributed by atoms with Crippen molar-refractivity contribution in [3.8, 4) is 0 Å². The van der Waals surface area contributed by atoms with Gasteiger partial charge in [0.05, 0.1) is 12.6 Å². The van der Waals surface area contributed by atoms with Crippen LogP contribution < -0.4 is 16.8 Å². The van der Waals surface area contributed by atoms with E-state index in [0.29, 0.717) is 39.2 Å². The Bertz CT molecular complexity index is 352. The first kappa shape index (κ1) is 18.9. The predicted octanol–water partition coefficient (Wildman–Crippen LogP) is 0.222. The Morgan fingerprint density at radius 3 is 2.82 bits per heavy atom. The molecule has 7 heteroatoms. The van der Waals surface area contributed by atoms with Crippen LogP contribution >= 0.6 is 0 Å². The van der Waals surface area contributed by atoms with E-state index in [4.69, 9.17) is 16.2 Å². The number of ketones is 1. The third-order valence-corrected chi connectivity index (χ3v) is 3.86. The molecule has 1 unspecified atom stereocenters. The zero-order valence-electron chi connectivity index (χ0n) is 13.6. The fourth-order valence-corrected chi connectivity index (χ4v) is 2.46. The highest BCUT2D eigenvalue weighted by Gasteiger charge is 2.35. The summed E-state index contributed by atoms with van der Waals surface area (Å²) >= 11 is 0. The molecule has 1 amide bonds. The highest BCUT2D eigenvalue weighted by molar-refractivity contribution is 5.91. The Kier molecular flexibility index (Phi) is 9.03. The molecular weight excluding hydrogens is 284 g/mol. The normalized spacial score (nSPS) is 19.8. The molecular formula is C15H30N4O3. The molecule has 7 nitrogen and oxygen atoms in total. The SMILES string of the molecule is CCCCOC(=O)N1CCNCC1C(=O)[C@@H](N)CCCCN. The number of hydrogen-bond donors (Lipinski definition) is 3. The second kappa shape index (κ2) is 10.5. The lowest BCUT2D eigenvalue weighted by Crippen LogP contribution is -2.60.